The number of benzene rings is 1. The molecule has 1 aliphatic heterocycles. The number of rotatable bonds is 9. The molecule has 0 aliphatic carbocycles. The summed E-state index contributed by atoms with van der Waals surface area (Å²) in [5.41, 5.74) is 11.5. The first kappa shape index (κ1) is 32.0. The van der Waals surface area contributed by atoms with Gasteiger partial charge in [0.05, 0.1) is 25.7 Å². The van der Waals surface area contributed by atoms with Gasteiger partial charge in [-0.3, -0.25) is 14.4 Å². The van der Waals surface area contributed by atoms with Crippen molar-refractivity contribution in [3.63, 3.8) is 0 Å². The molecule has 1 saturated heterocycles. The lowest BCUT2D eigenvalue weighted by Crippen LogP contribution is -2.44. The molecule has 0 radical (unpaired) electrons. The summed E-state index contributed by atoms with van der Waals surface area (Å²) in [6.45, 7) is 5.42. The monoisotopic (exact) mass is 499 g/mol. The number of ether oxygens (including phenoxy) is 2. The fraction of sp³-hybridized carbons (Fsp3) is 0.625. The van der Waals surface area contributed by atoms with E-state index in [1.807, 2.05) is 24.5 Å². The van der Waals surface area contributed by atoms with Crippen LogP contribution in [0.3, 0.4) is 0 Å². The van der Waals surface area contributed by atoms with Gasteiger partial charge < -0.3 is 31.4 Å². The second kappa shape index (κ2) is 18.4. The van der Waals surface area contributed by atoms with Crippen LogP contribution in [-0.4, -0.2) is 80.3 Å². The highest BCUT2D eigenvalue weighted by molar-refractivity contribution is 7.98. The molecule has 0 bridgehead atoms. The molecule has 1 aromatic rings. The second-order valence-electron chi connectivity index (χ2n) is 7.71. The number of methoxy groups -OCH3 is 1. The van der Waals surface area contributed by atoms with Gasteiger partial charge in [-0.1, -0.05) is 30.3 Å². The van der Waals surface area contributed by atoms with Gasteiger partial charge in [-0.05, 0) is 63.8 Å². The molecule has 9 nitrogen and oxygen atoms in total. The molecule has 2 atom stereocenters. The molecule has 1 unspecified atom stereocenters. The number of hydrogen-bond donors (Lipinski definition) is 4. The van der Waals surface area contributed by atoms with Crippen molar-refractivity contribution in [3.8, 4) is 0 Å². The summed E-state index contributed by atoms with van der Waals surface area (Å²) in [6.07, 6.45) is 4.52. The van der Waals surface area contributed by atoms with E-state index in [-0.39, 0.29) is 18.0 Å². The number of piperidine rings is 1. The molecule has 6 N–H and O–H groups in total. The van der Waals surface area contributed by atoms with E-state index < -0.39 is 18.1 Å². The second-order valence-corrected chi connectivity index (χ2v) is 8.69. The van der Waals surface area contributed by atoms with Crippen LogP contribution in [0, 0.1) is 0 Å². The van der Waals surface area contributed by atoms with E-state index in [4.69, 9.17) is 21.3 Å². The van der Waals surface area contributed by atoms with Crippen molar-refractivity contribution in [2.45, 2.75) is 50.6 Å². The molecule has 194 valence electrons. The Hall–Kier alpha value is -1.98. The first-order valence-corrected chi connectivity index (χ1v) is 12.7. The molecule has 0 amide bonds. The molecule has 0 saturated carbocycles. The van der Waals surface area contributed by atoms with Crippen molar-refractivity contribution in [1.82, 2.24) is 5.32 Å². The van der Waals surface area contributed by atoms with Crippen LogP contribution in [0.4, 0.5) is 0 Å². The fourth-order valence-electron chi connectivity index (χ4n) is 3.29. The van der Waals surface area contributed by atoms with E-state index in [1.54, 1.807) is 25.6 Å². The predicted molar refractivity (Wildman–Crippen MR) is 136 cm³/mol. The van der Waals surface area contributed by atoms with E-state index in [2.05, 4.69) is 22.2 Å². The SMILES string of the molecule is CC(=O)C1(c2ccccc2)CCNCC1.CCOC(=O)[C@@H](N)CCSC.COC(=O)C(N)CO. The third-order valence-corrected chi connectivity index (χ3v) is 6.02. The van der Waals surface area contributed by atoms with Crippen LogP contribution in [-0.2, 0) is 29.3 Å². The Bertz CT molecular complexity index is 714. The molecule has 0 aromatic heterocycles. The van der Waals surface area contributed by atoms with Crippen molar-refractivity contribution < 1.29 is 29.0 Å². The molecule has 34 heavy (non-hydrogen) atoms. The summed E-state index contributed by atoms with van der Waals surface area (Å²) < 4.78 is 8.91. The number of aliphatic hydroxyl groups excluding tert-OH is 1. The van der Waals surface area contributed by atoms with Crippen LogP contribution in [0.15, 0.2) is 30.3 Å². The molecular weight excluding hydrogens is 458 g/mol. The largest absolute Gasteiger partial charge is 0.468 e. The van der Waals surface area contributed by atoms with Gasteiger partial charge >= 0.3 is 11.9 Å². The van der Waals surface area contributed by atoms with Gasteiger partial charge in [0.25, 0.3) is 0 Å². The summed E-state index contributed by atoms with van der Waals surface area (Å²) in [7, 11) is 1.22. The topological polar surface area (TPSA) is 154 Å². The van der Waals surface area contributed by atoms with Crippen LogP contribution in [0.25, 0.3) is 0 Å². The van der Waals surface area contributed by atoms with Crippen LogP contribution in [0.5, 0.6) is 0 Å². The molecule has 10 heteroatoms. The molecule has 1 aliphatic rings. The maximum Gasteiger partial charge on any atom is 0.325 e. The normalized spacial score (nSPS) is 15.9. The number of esters is 2. The van der Waals surface area contributed by atoms with Crippen LogP contribution >= 0.6 is 11.8 Å². The summed E-state index contributed by atoms with van der Waals surface area (Å²) in [6, 6.07) is 8.85. The summed E-state index contributed by atoms with van der Waals surface area (Å²) in [4.78, 5) is 33.0. The van der Waals surface area contributed by atoms with Crippen molar-refractivity contribution in [2.24, 2.45) is 11.5 Å². The Balaban J connectivity index is 0.000000510. The minimum absolute atomic E-state index is 0.230. The average Bonchev–Trinajstić information content (AvgIpc) is 2.87. The third-order valence-electron chi connectivity index (χ3n) is 5.38. The number of ketones is 1. The molecule has 1 fully saturated rings. The van der Waals surface area contributed by atoms with E-state index in [0.717, 1.165) is 31.7 Å². The maximum atomic E-state index is 11.9. The standard InChI is InChI=1S/C13H17NO.C7H15NO2S.C4H9NO3/c1-11(15)13(7-9-14-10-8-13)12-5-3-2-4-6-12;1-3-10-7(9)6(8)4-5-11-2;1-8-4(7)3(5)2-6/h2-6,14H,7-10H2,1H3;6H,3-5,8H2,1-2H3;3,6H,2,5H2,1H3/t;6-;/m.0./s1. The zero-order valence-corrected chi connectivity index (χ0v) is 21.6. The Morgan fingerprint density at radius 1 is 1.12 bits per heavy atom. The lowest BCUT2D eigenvalue weighted by atomic mass is 9.70. The number of carbonyl (C=O) groups excluding carboxylic acids is 3. The highest BCUT2D eigenvalue weighted by Gasteiger charge is 2.38. The number of nitrogens with two attached hydrogens (primary N) is 2. The average molecular weight is 500 g/mol. The highest BCUT2D eigenvalue weighted by Crippen LogP contribution is 2.34. The lowest BCUT2D eigenvalue weighted by Gasteiger charge is -2.35. The number of thioether (sulfide) groups is 1. The molecule has 0 spiro atoms. The number of nitrogens with one attached hydrogen (secondary N) is 1. The Kier molecular flexibility index (Phi) is 17.3. The minimum atomic E-state index is -0.889. The van der Waals surface area contributed by atoms with E-state index in [1.165, 1.54) is 12.7 Å². The molecule has 1 heterocycles. The zero-order valence-electron chi connectivity index (χ0n) is 20.7. The van der Waals surface area contributed by atoms with Crippen molar-refractivity contribution >= 4 is 29.5 Å². The zero-order chi connectivity index (χ0) is 26.0. The number of Topliss-reactive ketones (excluding diaryl/α,β-unsaturated/α-hetero) is 1. The summed E-state index contributed by atoms with van der Waals surface area (Å²) in [5.74, 6) is 0.323. The van der Waals surface area contributed by atoms with Crippen molar-refractivity contribution in [1.29, 1.82) is 0 Å². The highest BCUT2D eigenvalue weighted by atomic mass is 32.2. The Morgan fingerprint density at radius 3 is 2.12 bits per heavy atom. The molecule has 2 rings (SSSR count). The lowest BCUT2D eigenvalue weighted by molar-refractivity contribution is -0.145. The minimum Gasteiger partial charge on any atom is -0.468 e. The number of aliphatic hydroxyl groups is 1. The first-order chi connectivity index (χ1) is 16.2. The first-order valence-electron chi connectivity index (χ1n) is 11.3. The van der Waals surface area contributed by atoms with E-state index >= 15 is 0 Å². The van der Waals surface area contributed by atoms with Crippen LogP contribution in [0.2, 0.25) is 0 Å². The van der Waals surface area contributed by atoms with E-state index in [9.17, 15) is 14.4 Å². The van der Waals surface area contributed by atoms with Gasteiger partial charge in [-0.25, -0.2) is 0 Å². The van der Waals surface area contributed by atoms with Crippen molar-refractivity contribution in [3.05, 3.63) is 35.9 Å². The third kappa shape index (κ3) is 11.4. The number of hydrogen-bond acceptors (Lipinski definition) is 10. The quantitative estimate of drug-likeness (QED) is 0.362. The van der Waals surface area contributed by atoms with Gasteiger partial charge in [0, 0.05) is 0 Å². The van der Waals surface area contributed by atoms with Gasteiger partial charge in [-0.15, -0.1) is 0 Å². The smallest absolute Gasteiger partial charge is 0.325 e. The van der Waals surface area contributed by atoms with Crippen LogP contribution < -0.4 is 16.8 Å². The van der Waals surface area contributed by atoms with Gasteiger partial charge in [-0.2, -0.15) is 11.8 Å². The molecule has 1 aromatic carbocycles. The summed E-state index contributed by atoms with van der Waals surface area (Å²) in [5, 5.41) is 11.5. The Morgan fingerprint density at radius 2 is 1.71 bits per heavy atom. The van der Waals surface area contributed by atoms with Gasteiger partial charge in [0.15, 0.2) is 0 Å². The van der Waals surface area contributed by atoms with Crippen LogP contribution in [0.1, 0.15) is 38.7 Å². The van der Waals surface area contributed by atoms with E-state index in [0.29, 0.717) is 18.8 Å². The van der Waals surface area contributed by atoms with Gasteiger partial charge in [0.1, 0.15) is 17.9 Å². The maximum absolute atomic E-state index is 11.9. The predicted octanol–water partition coefficient (Wildman–Crippen LogP) is 1.01. The Labute approximate surface area is 207 Å². The van der Waals surface area contributed by atoms with Crippen molar-refractivity contribution in [2.75, 3.05) is 45.4 Å². The summed E-state index contributed by atoms with van der Waals surface area (Å²) >= 11 is 1.68. The van der Waals surface area contributed by atoms with Gasteiger partial charge in [0.2, 0.25) is 0 Å². The fourth-order valence-corrected chi connectivity index (χ4v) is 3.78. The number of carbonyl (C=O) groups is 3. The molecular formula is C24H41N3O6S.